The Morgan fingerprint density at radius 1 is 1.35 bits per heavy atom. The Labute approximate surface area is 153 Å². The topological polar surface area (TPSA) is 63.1 Å². The lowest BCUT2D eigenvalue weighted by atomic mass is 10.2. The van der Waals surface area contributed by atoms with E-state index in [0.29, 0.717) is 12.6 Å². The van der Waals surface area contributed by atoms with Crippen LogP contribution < -0.4 is 5.32 Å². The van der Waals surface area contributed by atoms with Crippen molar-refractivity contribution >= 4 is 5.91 Å². The highest BCUT2D eigenvalue weighted by Crippen LogP contribution is 2.31. The van der Waals surface area contributed by atoms with Gasteiger partial charge in [0.1, 0.15) is 12.1 Å². The minimum Gasteiger partial charge on any atom is -0.345 e. The van der Waals surface area contributed by atoms with Crippen LogP contribution in [0.2, 0.25) is 0 Å². The summed E-state index contributed by atoms with van der Waals surface area (Å²) in [6.07, 6.45) is 6.53. The molecule has 1 aliphatic carbocycles. The molecule has 0 aliphatic heterocycles. The van der Waals surface area contributed by atoms with Crippen molar-refractivity contribution in [1.82, 2.24) is 25.0 Å². The molecule has 1 fully saturated rings. The maximum Gasteiger partial charge on any atom is 0.234 e. The van der Waals surface area contributed by atoms with Crippen molar-refractivity contribution in [2.45, 2.75) is 51.2 Å². The number of carbonyl (C=O) groups excluding carboxylic acids is 1. The van der Waals surface area contributed by atoms with Crippen LogP contribution in [0.4, 0.5) is 4.39 Å². The Bertz CT molecular complexity index is 724. The van der Waals surface area contributed by atoms with Gasteiger partial charge in [0.15, 0.2) is 5.82 Å². The van der Waals surface area contributed by atoms with Gasteiger partial charge in [-0.15, -0.1) is 10.2 Å². The number of hydrogen-bond donors (Lipinski definition) is 1. The number of amides is 1. The molecule has 0 bridgehead atoms. The molecule has 1 aromatic carbocycles. The zero-order chi connectivity index (χ0) is 18.5. The second kappa shape index (κ2) is 8.40. The largest absolute Gasteiger partial charge is 0.345 e. The van der Waals surface area contributed by atoms with E-state index in [-0.39, 0.29) is 24.3 Å². The molecular weight excluding hydrogens is 333 g/mol. The fourth-order valence-corrected chi connectivity index (χ4v) is 3.58. The van der Waals surface area contributed by atoms with Crippen LogP contribution in [0, 0.1) is 5.82 Å². The minimum atomic E-state index is -0.255. The first-order chi connectivity index (χ1) is 12.5. The van der Waals surface area contributed by atoms with E-state index in [1.807, 2.05) is 18.9 Å². The second-order valence-corrected chi connectivity index (χ2v) is 7.12. The number of hydrogen-bond acceptors (Lipinski definition) is 4. The molecule has 0 saturated heterocycles. The number of nitrogens with zero attached hydrogens (tertiary/aromatic N) is 4. The van der Waals surface area contributed by atoms with E-state index in [0.717, 1.165) is 24.2 Å². The van der Waals surface area contributed by atoms with Gasteiger partial charge < -0.3 is 9.88 Å². The third-order valence-corrected chi connectivity index (χ3v) is 4.86. The van der Waals surface area contributed by atoms with Gasteiger partial charge in [-0.05, 0) is 44.5 Å². The molecule has 26 heavy (non-hydrogen) atoms. The average molecular weight is 359 g/mol. The van der Waals surface area contributed by atoms with Gasteiger partial charge in [-0.2, -0.15) is 0 Å². The van der Waals surface area contributed by atoms with Crippen LogP contribution in [0.5, 0.6) is 0 Å². The molecule has 0 spiro atoms. The first-order valence-corrected chi connectivity index (χ1v) is 9.14. The molecule has 1 aromatic heterocycles. The smallest absolute Gasteiger partial charge is 0.234 e. The summed E-state index contributed by atoms with van der Waals surface area (Å²) in [6.45, 7) is 2.78. The lowest BCUT2D eigenvalue weighted by molar-refractivity contribution is -0.122. The normalized spacial score (nSPS) is 16.2. The monoisotopic (exact) mass is 359 g/mol. The third kappa shape index (κ3) is 4.66. The summed E-state index contributed by atoms with van der Waals surface area (Å²) in [7, 11) is 1.87. The molecule has 0 radical (unpaired) electrons. The van der Waals surface area contributed by atoms with Crippen molar-refractivity contribution in [3.63, 3.8) is 0 Å². The first kappa shape index (κ1) is 18.5. The van der Waals surface area contributed by atoms with Gasteiger partial charge in [0.2, 0.25) is 5.91 Å². The summed E-state index contributed by atoms with van der Waals surface area (Å²) in [5, 5.41) is 11.3. The maximum atomic E-state index is 13.0. The lowest BCUT2D eigenvalue weighted by Crippen LogP contribution is -2.37. The molecule has 7 heteroatoms. The Kier molecular flexibility index (Phi) is 5.98. The van der Waals surface area contributed by atoms with E-state index < -0.39 is 0 Å². The molecule has 1 atom stereocenters. The number of rotatable bonds is 7. The molecule has 140 valence electrons. The van der Waals surface area contributed by atoms with Gasteiger partial charge >= 0.3 is 0 Å². The maximum absolute atomic E-state index is 13.0. The van der Waals surface area contributed by atoms with Crippen LogP contribution in [0.1, 0.15) is 56.1 Å². The predicted octanol–water partition coefficient (Wildman–Crippen LogP) is 2.84. The van der Waals surface area contributed by atoms with E-state index in [4.69, 9.17) is 0 Å². The van der Waals surface area contributed by atoms with Gasteiger partial charge in [-0.3, -0.25) is 9.69 Å². The van der Waals surface area contributed by atoms with E-state index in [1.165, 1.54) is 25.0 Å². The number of likely N-dealkylation sites (N-methyl/N-ethyl adjacent to an activating group) is 1. The van der Waals surface area contributed by atoms with Gasteiger partial charge in [0, 0.05) is 12.6 Å². The Morgan fingerprint density at radius 2 is 2.04 bits per heavy atom. The van der Waals surface area contributed by atoms with Gasteiger partial charge in [0.25, 0.3) is 0 Å². The highest BCUT2D eigenvalue weighted by Gasteiger charge is 2.23. The zero-order valence-electron chi connectivity index (χ0n) is 15.4. The van der Waals surface area contributed by atoms with Crippen molar-refractivity contribution in [3.05, 3.63) is 47.8 Å². The van der Waals surface area contributed by atoms with Crippen LogP contribution >= 0.6 is 0 Å². The summed E-state index contributed by atoms with van der Waals surface area (Å²) in [5.74, 6) is 0.490. The summed E-state index contributed by atoms with van der Waals surface area (Å²) < 4.78 is 15.1. The van der Waals surface area contributed by atoms with Crippen molar-refractivity contribution in [2.75, 3.05) is 13.6 Å². The fraction of sp³-hybridized carbons (Fsp3) is 0.526. The number of benzene rings is 1. The first-order valence-electron chi connectivity index (χ1n) is 9.14. The van der Waals surface area contributed by atoms with Crippen LogP contribution in [0.3, 0.4) is 0 Å². The second-order valence-electron chi connectivity index (χ2n) is 7.12. The van der Waals surface area contributed by atoms with E-state index >= 15 is 0 Å². The third-order valence-electron chi connectivity index (χ3n) is 4.86. The standard InChI is InChI=1S/C19H26FN5O/c1-14(19-23-21-13-25(19)17-5-3-4-6-17)22-18(26)12-24(2)11-15-7-9-16(20)10-8-15/h7-10,13-14,17H,3-6,11-12H2,1-2H3,(H,22,26)/t14-/m0/s1. The molecule has 1 amide bonds. The Morgan fingerprint density at radius 3 is 2.73 bits per heavy atom. The van der Waals surface area contributed by atoms with Crippen molar-refractivity contribution in [2.24, 2.45) is 0 Å². The number of carbonyl (C=O) groups is 1. The van der Waals surface area contributed by atoms with Crippen LogP contribution in [-0.2, 0) is 11.3 Å². The molecule has 1 aliphatic rings. The molecule has 1 N–H and O–H groups in total. The summed E-state index contributed by atoms with van der Waals surface area (Å²) in [4.78, 5) is 14.3. The average Bonchev–Trinajstić information content (AvgIpc) is 3.27. The fourth-order valence-electron chi connectivity index (χ4n) is 3.58. The number of aromatic nitrogens is 3. The summed E-state index contributed by atoms with van der Waals surface area (Å²) in [5.41, 5.74) is 0.968. The molecule has 3 rings (SSSR count). The summed E-state index contributed by atoms with van der Waals surface area (Å²) >= 11 is 0. The van der Waals surface area contributed by atoms with E-state index in [9.17, 15) is 9.18 Å². The van der Waals surface area contributed by atoms with Gasteiger partial charge in [0.05, 0.1) is 12.6 Å². The predicted molar refractivity (Wildman–Crippen MR) is 96.8 cm³/mol. The quantitative estimate of drug-likeness (QED) is 0.826. The Balaban J connectivity index is 1.52. The lowest BCUT2D eigenvalue weighted by Gasteiger charge is -2.21. The van der Waals surface area contributed by atoms with Gasteiger partial charge in [-0.1, -0.05) is 25.0 Å². The molecule has 0 unspecified atom stereocenters. The van der Waals surface area contributed by atoms with Crippen molar-refractivity contribution in [1.29, 1.82) is 0 Å². The summed E-state index contributed by atoms with van der Waals surface area (Å²) in [6, 6.07) is 6.58. The molecule has 6 nitrogen and oxygen atoms in total. The minimum absolute atomic E-state index is 0.0666. The molecular formula is C19H26FN5O. The highest BCUT2D eigenvalue weighted by molar-refractivity contribution is 5.78. The van der Waals surface area contributed by atoms with Crippen LogP contribution in [0.15, 0.2) is 30.6 Å². The van der Waals surface area contributed by atoms with Crippen LogP contribution in [0.25, 0.3) is 0 Å². The van der Waals surface area contributed by atoms with Crippen molar-refractivity contribution in [3.8, 4) is 0 Å². The number of nitrogens with one attached hydrogen (secondary N) is 1. The number of halogens is 1. The Hall–Kier alpha value is -2.28. The van der Waals surface area contributed by atoms with Crippen LogP contribution in [-0.4, -0.2) is 39.2 Å². The molecule has 2 aromatic rings. The van der Waals surface area contributed by atoms with Gasteiger partial charge in [-0.25, -0.2) is 4.39 Å². The molecule has 1 heterocycles. The molecule has 1 saturated carbocycles. The van der Waals surface area contributed by atoms with E-state index in [1.54, 1.807) is 18.5 Å². The highest BCUT2D eigenvalue weighted by atomic mass is 19.1. The van der Waals surface area contributed by atoms with Crippen molar-refractivity contribution < 1.29 is 9.18 Å². The SMILES string of the molecule is C[C@H](NC(=O)CN(C)Cc1ccc(F)cc1)c1nncn1C1CCCC1. The zero-order valence-corrected chi connectivity index (χ0v) is 15.4. The van der Waals surface area contributed by atoms with E-state index in [2.05, 4.69) is 20.1 Å².